The maximum atomic E-state index is 13.2. The topological polar surface area (TPSA) is 165 Å². The van der Waals surface area contributed by atoms with Gasteiger partial charge in [-0.25, -0.2) is 4.79 Å². The molecule has 3 fully saturated rings. The van der Waals surface area contributed by atoms with Crippen LogP contribution >= 0.6 is 0 Å². The summed E-state index contributed by atoms with van der Waals surface area (Å²) in [5.41, 5.74) is 3.87. The number of ether oxygens (including phenoxy) is 2. The number of nitrogens with one attached hydrogen (secondary N) is 4. The van der Waals surface area contributed by atoms with Crippen molar-refractivity contribution in [1.29, 1.82) is 0 Å². The molecule has 1 unspecified atom stereocenters. The highest BCUT2D eigenvalue weighted by Crippen LogP contribution is 2.31. The van der Waals surface area contributed by atoms with Gasteiger partial charge < -0.3 is 40.6 Å². The molecular weight excluding hydrogens is 711 g/mol. The minimum absolute atomic E-state index is 0.0473. The van der Waals surface area contributed by atoms with Crippen molar-refractivity contribution in [2.75, 3.05) is 39.3 Å². The maximum absolute atomic E-state index is 13.2. The van der Waals surface area contributed by atoms with Crippen LogP contribution < -0.4 is 26.2 Å². The van der Waals surface area contributed by atoms with Crippen molar-refractivity contribution in [3.05, 3.63) is 141 Å². The van der Waals surface area contributed by atoms with Crippen LogP contribution in [0.25, 0.3) is 10.9 Å². The van der Waals surface area contributed by atoms with E-state index in [0.29, 0.717) is 59.9 Å². The summed E-state index contributed by atoms with van der Waals surface area (Å²) in [5, 5.41) is 30.7. The second-order valence-electron chi connectivity index (χ2n) is 14.6. The van der Waals surface area contributed by atoms with Gasteiger partial charge in [-0.1, -0.05) is 60.7 Å². The number of piperidine rings is 3. The van der Waals surface area contributed by atoms with Crippen molar-refractivity contribution in [2.45, 2.75) is 50.5 Å². The molecule has 5 aromatic rings. The zero-order chi connectivity index (χ0) is 38.9. The summed E-state index contributed by atoms with van der Waals surface area (Å²) in [6, 6.07) is 30.5. The van der Waals surface area contributed by atoms with Crippen molar-refractivity contribution >= 4 is 22.9 Å². The minimum Gasteiger partial charge on any atom is -0.506 e. The number of H-pyrrole nitrogens is 1. The third kappa shape index (κ3) is 9.75. The highest BCUT2D eigenvalue weighted by atomic mass is 16.6. The molecule has 12 heteroatoms. The molecule has 2 bridgehead atoms. The van der Waals surface area contributed by atoms with Crippen molar-refractivity contribution < 1.29 is 29.3 Å². The molecule has 1 aromatic heterocycles. The summed E-state index contributed by atoms with van der Waals surface area (Å²) >= 11 is 0. The first-order chi connectivity index (χ1) is 27.3. The Hall–Kier alpha value is -5.69. The SMILES string of the molecule is O=C(NC(c1ccccc1)c1cccc(OCc2ccc(C(=O)NCCCCNC[C@H](O)c3ccc(O)c4[nH]c(=O)ccc34)cc2)c1)O[C@H]1CN2CCC1CC2. The molecule has 0 aliphatic carbocycles. The Morgan fingerprint density at radius 1 is 0.875 bits per heavy atom. The van der Waals surface area contributed by atoms with Gasteiger partial charge in [-0.3, -0.25) is 14.5 Å². The Morgan fingerprint density at radius 3 is 2.41 bits per heavy atom. The Morgan fingerprint density at radius 2 is 1.64 bits per heavy atom. The summed E-state index contributed by atoms with van der Waals surface area (Å²) in [4.78, 5) is 42.6. The van der Waals surface area contributed by atoms with E-state index in [1.807, 2.05) is 66.7 Å². The molecule has 0 saturated carbocycles. The summed E-state index contributed by atoms with van der Waals surface area (Å²) in [6.07, 6.45) is 2.36. The lowest BCUT2D eigenvalue weighted by Crippen LogP contribution is -2.52. The number of aromatic amines is 1. The fraction of sp³-hybridized carbons (Fsp3) is 0.341. The van der Waals surface area contributed by atoms with Crippen molar-refractivity contribution in [3.63, 3.8) is 0 Å². The van der Waals surface area contributed by atoms with E-state index in [1.54, 1.807) is 24.3 Å². The monoisotopic (exact) mass is 759 g/mol. The summed E-state index contributed by atoms with van der Waals surface area (Å²) < 4.78 is 12.1. The largest absolute Gasteiger partial charge is 0.506 e. The van der Waals surface area contributed by atoms with E-state index in [-0.39, 0.29) is 23.3 Å². The van der Waals surface area contributed by atoms with Crippen LogP contribution in [-0.4, -0.2) is 77.5 Å². The van der Waals surface area contributed by atoms with E-state index < -0.39 is 18.2 Å². The molecule has 3 aliphatic heterocycles. The Labute approximate surface area is 325 Å². The molecule has 0 radical (unpaired) electrons. The van der Waals surface area contributed by atoms with Gasteiger partial charge in [0.05, 0.1) is 17.7 Å². The normalized spacial score (nSPS) is 18.6. The lowest BCUT2D eigenvalue weighted by Gasteiger charge is -2.43. The molecule has 4 heterocycles. The van der Waals surface area contributed by atoms with Crippen molar-refractivity contribution in [2.24, 2.45) is 5.92 Å². The third-order valence-corrected chi connectivity index (χ3v) is 10.7. The molecular formula is C44H49N5O7. The molecule has 0 spiro atoms. The molecule has 3 atom stereocenters. The quantitative estimate of drug-likeness (QED) is 0.0708. The number of carbonyl (C=O) groups excluding carboxylic acids is 2. The molecule has 8 rings (SSSR count). The number of amides is 2. The van der Waals surface area contributed by atoms with Crippen LogP contribution in [-0.2, 0) is 11.3 Å². The predicted molar refractivity (Wildman–Crippen MR) is 214 cm³/mol. The molecule has 3 aliphatic rings. The first-order valence-corrected chi connectivity index (χ1v) is 19.4. The van der Waals surface area contributed by atoms with Crippen molar-refractivity contribution in [1.82, 2.24) is 25.8 Å². The van der Waals surface area contributed by atoms with Crippen LogP contribution in [0.4, 0.5) is 4.79 Å². The molecule has 12 nitrogen and oxygen atoms in total. The van der Waals surface area contributed by atoms with Crippen LogP contribution in [0.15, 0.2) is 108 Å². The van der Waals surface area contributed by atoms with Crippen LogP contribution in [0.2, 0.25) is 0 Å². The fourth-order valence-corrected chi connectivity index (χ4v) is 7.62. The number of nitrogens with zero attached hydrogens (tertiary/aromatic N) is 1. The standard InChI is InChI=1S/C44H49N5O7/c50-37-17-15-35(36-16-18-40(52)47-42(36)37)38(51)26-45-21-4-5-22-46-43(53)32-13-11-29(12-14-32)28-55-34-10-6-9-33(25-34)41(31-7-2-1-3-8-31)48-44(54)56-39-27-49-23-19-30(39)20-24-49/h1-3,6-18,25,30,38-39,41,45,50-51H,4-5,19-24,26-28H2,(H,46,53)(H,47,52)(H,48,54)/t38-,39-,41?/m0/s1. The smallest absolute Gasteiger partial charge is 0.408 e. The molecule has 4 aromatic carbocycles. The zero-order valence-electron chi connectivity index (χ0n) is 31.3. The van der Waals surface area contributed by atoms with Crippen LogP contribution in [0.1, 0.15) is 70.4 Å². The highest BCUT2D eigenvalue weighted by molar-refractivity contribution is 5.94. The number of aromatic nitrogens is 1. The molecule has 3 saturated heterocycles. The maximum Gasteiger partial charge on any atom is 0.408 e. The number of benzene rings is 4. The lowest BCUT2D eigenvalue weighted by molar-refractivity contribution is -0.0336. The summed E-state index contributed by atoms with van der Waals surface area (Å²) in [5.74, 6) is 0.881. The van der Waals surface area contributed by atoms with E-state index >= 15 is 0 Å². The first kappa shape index (κ1) is 38.6. The Balaban J connectivity index is 0.844. The number of alkyl carbamates (subject to hydrolysis) is 1. The van der Waals surface area contributed by atoms with Gasteiger partial charge in [-0.05, 0) is 110 Å². The van der Waals surface area contributed by atoms with Crippen LogP contribution in [0, 0.1) is 5.92 Å². The highest BCUT2D eigenvalue weighted by Gasteiger charge is 2.37. The Bertz CT molecular complexity index is 2150. The average Bonchev–Trinajstić information content (AvgIpc) is 3.23. The molecule has 56 heavy (non-hydrogen) atoms. The lowest BCUT2D eigenvalue weighted by atomic mass is 9.86. The van der Waals surface area contributed by atoms with Crippen LogP contribution in [0.3, 0.4) is 0 Å². The molecule has 2 amide bonds. The first-order valence-electron chi connectivity index (χ1n) is 19.4. The third-order valence-electron chi connectivity index (χ3n) is 10.7. The number of unbranched alkanes of at least 4 members (excludes halogenated alkanes) is 1. The molecule has 292 valence electrons. The van der Waals surface area contributed by atoms with E-state index in [4.69, 9.17) is 9.47 Å². The van der Waals surface area contributed by atoms with Crippen LogP contribution in [0.5, 0.6) is 11.5 Å². The number of phenolic OH excluding ortho intramolecular Hbond substituents is 1. The number of aliphatic hydroxyl groups is 1. The minimum atomic E-state index is -0.826. The van der Waals surface area contributed by atoms with Gasteiger partial charge in [-0.2, -0.15) is 0 Å². The number of aromatic hydroxyl groups is 1. The number of phenols is 1. The van der Waals surface area contributed by atoms with E-state index in [0.717, 1.165) is 62.0 Å². The predicted octanol–water partition coefficient (Wildman–Crippen LogP) is 5.56. The Kier molecular flexibility index (Phi) is 12.6. The van der Waals surface area contributed by atoms with Gasteiger partial charge in [0.2, 0.25) is 5.56 Å². The average molecular weight is 760 g/mol. The van der Waals surface area contributed by atoms with Gasteiger partial charge in [0.1, 0.15) is 24.2 Å². The number of fused-ring (bicyclic) bond motifs is 4. The van der Waals surface area contributed by atoms with Gasteiger partial charge in [0.25, 0.3) is 5.91 Å². The molecule has 6 N–H and O–H groups in total. The number of hydrogen-bond donors (Lipinski definition) is 6. The number of hydrogen-bond acceptors (Lipinski definition) is 9. The van der Waals surface area contributed by atoms with Gasteiger partial charge in [0, 0.05) is 36.7 Å². The zero-order valence-corrected chi connectivity index (χ0v) is 31.3. The van der Waals surface area contributed by atoms with Crippen molar-refractivity contribution in [3.8, 4) is 11.5 Å². The second-order valence-corrected chi connectivity index (χ2v) is 14.6. The number of pyridine rings is 1. The number of aliphatic hydroxyl groups excluding tert-OH is 1. The number of rotatable bonds is 16. The summed E-state index contributed by atoms with van der Waals surface area (Å²) in [7, 11) is 0. The van der Waals surface area contributed by atoms with Gasteiger partial charge in [0.15, 0.2) is 0 Å². The number of carbonyl (C=O) groups is 2. The van der Waals surface area contributed by atoms with Gasteiger partial charge >= 0.3 is 6.09 Å². The van der Waals surface area contributed by atoms with E-state index in [1.165, 1.54) is 12.1 Å². The van der Waals surface area contributed by atoms with E-state index in [9.17, 15) is 24.6 Å². The van der Waals surface area contributed by atoms with Gasteiger partial charge in [-0.15, -0.1) is 0 Å². The summed E-state index contributed by atoms with van der Waals surface area (Å²) in [6.45, 7) is 4.72. The fourth-order valence-electron chi connectivity index (χ4n) is 7.62. The van der Waals surface area contributed by atoms with E-state index in [2.05, 4.69) is 25.8 Å². The second kappa shape index (κ2) is 18.3.